The number of hydrogen-bond acceptors (Lipinski definition) is 7. The highest BCUT2D eigenvalue weighted by Crippen LogP contribution is 2.40. The summed E-state index contributed by atoms with van der Waals surface area (Å²) in [5.41, 5.74) is 1.47. The lowest BCUT2D eigenvalue weighted by Gasteiger charge is -2.31. The van der Waals surface area contributed by atoms with Gasteiger partial charge in [0.15, 0.2) is 11.5 Å². The molecule has 0 aromatic heterocycles. The molecule has 0 spiro atoms. The molecule has 0 unspecified atom stereocenters. The Balaban J connectivity index is 1.57. The molecule has 1 N–H and O–H groups in total. The molecule has 0 saturated carbocycles. The molecular formula is C23H28N2O6. The maximum atomic E-state index is 13.0. The molecule has 166 valence electrons. The summed E-state index contributed by atoms with van der Waals surface area (Å²) >= 11 is 0. The first-order chi connectivity index (χ1) is 15.2. The quantitative estimate of drug-likeness (QED) is 0.726. The van der Waals surface area contributed by atoms with Crippen LogP contribution in [0.3, 0.4) is 0 Å². The first-order valence-electron chi connectivity index (χ1n) is 10.6. The zero-order valence-electron chi connectivity index (χ0n) is 17.9. The third-order valence-corrected chi connectivity index (χ3v) is 5.07. The Morgan fingerprint density at radius 3 is 2.52 bits per heavy atom. The van der Waals surface area contributed by atoms with Crippen molar-refractivity contribution in [2.75, 3.05) is 56.3 Å². The summed E-state index contributed by atoms with van der Waals surface area (Å²) in [4.78, 5) is 15.2. The van der Waals surface area contributed by atoms with Gasteiger partial charge in [-0.15, -0.1) is 0 Å². The monoisotopic (exact) mass is 428 g/mol. The van der Waals surface area contributed by atoms with Crippen LogP contribution in [0.1, 0.15) is 13.8 Å². The van der Waals surface area contributed by atoms with E-state index in [4.69, 9.17) is 23.7 Å². The van der Waals surface area contributed by atoms with Gasteiger partial charge in [0.1, 0.15) is 18.1 Å². The molecule has 1 saturated heterocycles. The van der Waals surface area contributed by atoms with Crippen LogP contribution in [-0.2, 0) is 9.53 Å². The molecule has 1 atom stereocenters. The number of fused-ring (bicyclic) bond motifs is 1. The van der Waals surface area contributed by atoms with Gasteiger partial charge in [-0.1, -0.05) is 12.1 Å². The minimum atomic E-state index is -0.765. The molecule has 2 aliphatic rings. The van der Waals surface area contributed by atoms with Crippen LogP contribution >= 0.6 is 0 Å². The maximum Gasteiger partial charge on any atom is 0.269 e. The number of carbonyl (C=O) groups excluding carboxylic acids is 1. The Morgan fingerprint density at radius 2 is 1.77 bits per heavy atom. The second-order valence-corrected chi connectivity index (χ2v) is 7.14. The number of benzene rings is 2. The highest BCUT2D eigenvalue weighted by atomic mass is 16.6. The van der Waals surface area contributed by atoms with Crippen LogP contribution in [0, 0.1) is 0 Å². The highest BCUT2D eigenvalue weighted by molar-refractivity contribution is 5.97. The highest BCUT2D eigenvalue weighted by Gasteiger charge is 2.29. The summed E-state index contributed by atoms with van der Waals surface area (Å²) in [6.07, 6.45) is -0.765. The smallest absolute Gasteiger partial charge is 0.269 e. The van der Waals surface area contributed by atoms with Gasteiger partial charge < -0.3 is 33.9 Å². The van der Waals surface area contributed by atoms with Crippen LogP contribution < -0.4 is 29.2 Å². The molecule has 1 fully saturated rings. The van der Waals surface area contributed by atoms with Crippen LogP contribution in [0.4, 0.5) is 11.4 Å². The van der Waals surface area contributed by atoms with Crippen molar-refractivity contribution in [2.24, 2.45) is 0 Å². The standard InChI is InChI=1S/C23H28N2O6/c1-3-28-20-14-17(25-9-11-27-12-10-25)21(29-4-2)13-16(20)24-23(26)22-15-30-18-7-5-6-8-19(18)31-22/h5-8,13-14,22H,3-4,9-12,15H2,1-2H3,(H,24,26)/t22-/m0/s1. The number of nitrogens with zero attached hydrogens (tertiary/aromatic N) is 1. The summed E-state index contributed by atoms with van der Waals surface area (Å²) in [5, 5.41) is 2.93. The third kappa shape index (κ3) is 4.80. The Labute approximate surface area is 182 Å². The van der Waals surface area contributed by atoms with E-state index in [2.05, 4.69) is 10.2 Å². The van der Waals surface area contributed by atoms with Crippen molar-refractivity contribution in [3.05, 3.63) is 36.4 Å². The molecule has 2 aromatic rings. The van der Waals surface area contributed by atoms with Gasteiger partial charge in [-0.05, 0) is 26.0 Å². The topological polar surface area (TPSA) is 78.5 Å². The number of nitrogens with one attached hydrogen (secondary N) is 1. The number of rotatable bonds is 7. The van der Waals surface area contributed by atoms with E-state index in [1.54, 1.807) is 6.07 Å². The molecule has 1 amide bonds. The average molecular weight is 428 g/mol. The molecule has 2 aromatic carbocycles. The Morgan fingerprint density at radius 1 is 1.06 bits per heavy atom. The number of amides is 1. The fraction of sp³-hybridized carbons (Fsp3) is 0.435. The molecular weight excluding hydrogens is 400 g/mol. The zero-order chi connectivity index (χ0) is 21.6. The Hall–Kier alpha value is -3.13. The van der Waals surface area contributed by atoms with Gasteiger partial charge in [0.2, 0.25) is 6.10 Å². The van der Waals surface area contributed by atoms with Crippen LogP contribution in [0.15, 0.2) is 36.4 Å². The van der Waals surface area contributed by atoms with Gasteiger partial charge >= 0.3 is 0 Å². The maximum absolute atomic E-state index is 13.0. The largest absolute Gasteiger partial charge is 0.492 e. The van der Waals surface area contributed by atoms with Gasteiger partial charge in [-0.3, -0.25) is 4.79 Å². The number of anilines is 2. The molecule has 0 aliphatic carbocycles. The third-order valence-electron chi connectivity index (χ3n) is 5.07. The first-order valence-corrected chi connectivity index (χ1v) is 10.6. The van der Waals surface area contributed by atoms with Gasteiger partial charge in [-0.25, -0.2) is 0 Å². The van der Waals surface area contributed by atoms with E-state index in [1.807, 2.05) is 44.2 Å². The van der Waals surface area contributed by atoms with E-state index in [0.717, 1.165) is 18.8 Å². The second-order valence-electron chi connectivity index (χ2n) is 7.14. The van der Waals surface area contributed by atoms with Gasteiger partial charge in [-0.2, -0.15) is 0 Å². The molecule has 2 aliphatic heterocycles. The van der Waals surface area contributed by atoms with E-state index in [9.17, 15) is 4.79 Å². The van der Waals surface area contributed by atoms with Crippen molar-refractivity contribution in [3.8, 4) is 23.0 Å². The molecule has 8 nitrogen and oxygen atoms in total. The lowest BCUT2D eigenvalue weighted by molar-refractivity contribution is -0.125. The molecule has 0 radical (unpaired) electrons. The first kappa shape index (κ1) is 21.1. The van der Waals surface area contributed by atoms with E-state index in [1.165, 1.54) is 0 Å². The second kappa shape index (κ2) is 9.78. The minimum absolute atomic E-state index is 0.136. The van der Waals surface area contributed by atoms with Crippen LogP contribution in [0.5, 0.6) is 23.0 Å². The zero-order valence-corrected chi connectivity index (χ0v) is 17.9. The van der Waals surface area contributed by atoms with Crippen molar-refractivity contribution >= 4 is 17.3 Å². The van der Waals surface area contributed by atoms with Gasteiger partial charge in [0, 0.05) is 25.2 Å². The summed E-state index contributed by atoms with van der Waals surface area (Å²) in [6, 6.07) is 11.0. The summed E-state index contributed by atoms with van der Waals surface area (Å²) in [6.45, 7) is 7.81. The predicted octanol–water partition coefficient (Wildman–Crippen LogP) is 3.10. The van der Waals surface area contributed by atoms with E-state index >= 15 is 0 Å². The van der Waals surface area contributed by atoms with Crippen LogP contribution in [0.25, 0.3) is 0 Å². The summed E-state index contributed by atoms with van der Waals surface area (Å²) in [5.74, 6) is 2.15. The van der Waals surface area contributed by atoms with E-state index < -0.39 is 6.10 Å². The number of hydrogen-bond donors (Lipinski definition) is 1. The Kier molecular flexibility index (Phi) is 6.66. The van der Waals surface area contributed by atoms with Crippen molar-refractivity contribution < 1.29 is 28.5 Å². The van der Waals surface area contributed by atoms with Gasteiger partial charge in [0.05, 0.1) is 37.8 Å². The number of carbonyl (C=O) groups is 1. The van der Waals surface area contributed by atoms with Crippen LogP contribution in [-0.4, -0.2) is 58.1 Å². The van der Waals surface area contributed by atoms with Gasteiger partial charge in [0.25, 0.3) is 5.91 Å². The van der Waals surface area contributed by atoms with Crippen molar-refractivity contribution in [1.29, 1.82) is 0 Å². The van der Waals surface area contributed by atoms with Crippen molar-refractivity contribution in [1.82, 2.24) is 0 Å². The summed E-state index contributed by atoms with van der Waals surface area (Å²) in [7, 11) is 0. The Bertz CT molecular complexity index is 913. The van der Waals surface area contributed by atoms with E-state index in [-0.39, 0.29) is 12.5 Å². The summed E-state index contributed by atoms with van der Waals surface area (Å²) < 4.78 is 28.7. The fourth-order valence-electron chi connectivity index (χ4n) is 3.61. The number of morpholine rings is 1. The van der Waals surface area contributed by atoms with E-state index in [0.29, 0.717) is 55.1 Å². The van der Waals surface area contributed by atoms with Crippen molar-refractivity contribution in [3.63, 3.8) is 0 Å². The predicted molar refractivity (Wildman–Crippen MR) is 117 cm³/mol. The number of ether oxygens (including phenoxy) is 5. The molecule has 2 heterocycles. The fourth-order valence-corrected chi connectivity index (χ4v) is 3.61. The van der Waals surface area contributed by atoms with Crippen molar-refractivity contribution in [2.45, 2.75) is 20.0 Å². The average Bonchev–Trinajstić information content (AvgIpc) is 2.81. The lowest BCUT2D eigenvalue weighted by atomic mass is 10.2. The normalized spacial score (nSPS) is 17.7. The molecule has 31 heavy (non-hydrogen) atoms. The SMILES string of the molecule is CCOc1cc(N2CCOCC2)c(OCC)cc1NC(=O)[C@@H]1COc2ccccc2O1. The lowest BCUT2D eigenvalue weighted by Crippen LogP contribution is -2.40. The molecule has 4 rings (SSSR count). The molecule has 0 bridgehead atoms. The van der Waals surface area contributed by atoms with Crippen LogP contribution in [0.2, 0.25) is 0 Å². The number of para-hydroxylation sites is 2. The molecule has 8 heteroatoms. The minimum Gasteiger partial charge on any atom is -0.492 e.